The summed E-state index contributed by atoms with van der Waals surface area (Å²) in [5.41, 5.74) is 3.75. The molecule has 1 unspecified atom stereocenters. The van der Waals surface area contributed by atoms with Gasteiger partial charge in [0.2, 0.25) is 0 Å². The van der Waals surface area contributed by atoms with Crippen molar-refractivity contribution in [1.29, 1.82) is 0 Å². The Kier molecular flexibility index (Phi) is 4.04. The smallest absolute Gasteiger partial charge is 0.387 e. The maximum Gasteiger partial charge on any atom is 0.387 e. The Balaban J connectivity index is 1.62. The van der Waals surface area contributed by atoms with Crippen molar-refractivity contribution in [2.45, 2.75) is 31.9 Å². The lowest BCUT2D eigenvalue weighted by molar-refractivity contribution is -0.0498. The minimum atomic E-state index is -2.78. The van der Waals surface area contributed by atoms with Crippen LogP contribution in [-0.4, -0.2) is 12.7 Å². The van der Waals surface area contributed by atoms with E-state index in [1.807, 2.05) is 0 Å². The van der Waals surface area contributed by atoms with Crippen LogP contribution >= 0.6 is 0 Å². The molecular formula is C17H17F2NO. The molecular weight excluding hydrogens is 272 g/mol. The van der Waals surface area contributed by atoms with Gasteiger partial charge in [0, 0.05) is 11.7 Å². The molecule has 0 bridgehead atoms. The number of halogens is 2. The summed E-state index contributed by atoms with van der Waals surface area (Å²) in [7, 11) is 0. The second-order valence-electron chi connectivity index (χ2n) is 5.26. The number of anilines is 1. The third kappa shape index (κ3) is 3.51. The number of fused-ring (bicyclic) bond motifs is 1. The van der Waals surface area contributed by atoms with Crippen LogP contribution in [0.15, 0.2) is 48.5 Å². The van der Waals surface area contributed by atoms with Crippen LogP contribution in [0.2, 0.25) is 0 Å². The molecule has 110 valence electrons. The Hall–Kier alpha value is -2.10. The summed E-state index contributed by atoms with van der Waals surface area (Å²) >= 11 is 0. The standard InChI is InChI=1S/C17H17F2NO/c18-17(19)21-16-9-7-14(8-10-16)20-15-6-5-12-3-1-2-4-13(12)11-15/h1-4,7-10,15,17,20H,5-6,11H2. The third-order valence-corrected chi connectivity index (χ3v) is 3.80. The first kappa shape index (κ1) is 13.9. The maximum atomic E-state index is 12.1. The van der Waals surface area contributed by atoms with Crippen LogP contribution in [0, 0.1) is 0 Å². The molecule has 0 saturated carbocycles. The second-order valence-corrected chi connectivity index (χ2v) is 5.26. The summed E-state index contributed by atoms with van der Waals surface area (Å²) in [6.07, 6.45) is 3.14. The summed E-state index contributed by atoms with van der Waals surface area (Å²) < 4.78 is 28.5. The summed E-state index contributed by atoms with van der Waals surface area (Å²) in [5.74, 6) is 0.185. The van der Waals surface area contributed by atoms with Crippen molar-refractivity contribution in [2.24, 2.45) is 0 Å². The molecule has 2 aromatic carbocycles. The van der Waals surface area contributed by atoms with Crippen molar-refractivity contribution in [3.05, 3.63) is 59.7 Å². The van der Waals surface area contributed by atoms with E-state index in [9.17, 15) is 8.78 Å². The predicted molar refractivity (Wildman–Crippen MR) is 79.0 cm³/mol. The van der Waals surface area contributed by atoms with Crippen molar-refractivity contribution >= 4 is 5.69 Å². The summed E-state index contributed by atoms with van der Waals surface area (Å²) in [5, 5.41) is 3.46. The van der Waals surface area contributed by atoms with E-state index >= 15 is 0 Å². The van der Waals surface area contributed by atoms with Crippen molar-refractivity contribution in [3.63, 3.8) is 0 Å². The van der Waals surface area contributed by atoms with Gasteiger partial charge in [-0.1, -0.05) is 24.3 Å². The van der Waals surface area contributed by atoms with Crippen molar-refractivity contribution in [3.8, 4) is 5.75 Å². The van der Waals surface area contributed by atoms with Crippen LogP contribution in [0.4, 0.5) is 14.5 Å². The van der Waals surface area contributed by atoms with Gasteiger partial charge < -0.3 is 10.1 Å². The van der Waals surface area contributed by atoms with E-state index < -0.39 is 6.61 Å². The highest BCUT2D eigenvalue weighted by Gasteiger charge is 2.17. The number of ether oxygens (including phenoxy) is 1. The van der Waals surface area contributed by atoms with Crippen LogP contribution in [0.1, 0.15) is 17.5 Å². The normalized spacial score (nSPS) is 17.4. The summed E-state index contributed by atoms with van der Waals surface area (Å²) in [6.45, 7) is -2.78. The van der Waals surface area contributed by atoms with Gasteiger partial charge >= 0.3 is 6.61 Å². The van der Waals surface area contributed by atoms with Crippen LogP contribution in [0.5, 0.6) is 5.75 Å². The first-order valence-corrected chi connectivity index (χ1v) is 7.09. The first-order chi connectivity index (χ1) is 10.2. The number of nitrogens with one attached hydrogen (secondary N) is 1. The van der Waals surface area contributed by atoms with E-state index in [0.717, 1.165) is 24.9 Å². The quantitative estimate of drug-likeness (QED) is 0.908. The van der Waals surface area contributed by atoms with Gasteiger partial charge in [0.25, 0.3) is 0 Å². The largest absolute Gasteiger partial charge is 0.435 e. The number of hydrogen-bond acceptors (Lipinski definition) is 2. The number of alkyl halides is 2. The molecule has 1 aliphatic rings. The molecule has 0 radical (unpaired) electrons. The fourth-order valence-corrected chi connectivity index (χ4v) is 2.79. The molecule has 21 heavy (non-hydrogen) atoms. The molecule has 2 aromatic rings. The van der Waals surface area contributed by atoms with Crippen molar-refractivity contribution in [2.75, 3.05) is 5.32 Å². The molecule has 4 heteroatoms. The molecule has 0 fully saturated rings. The Morgan fingerprint density at radius 3 is 2.43 bits per heavy atom. The maximum absolute atomic E-state index is 12.1. The van der Waals surface area contributed by atoms with Gasteiger partial charge in [0.1, 0.15) is 5.75 Å². The lowest BCUT2D eigenvalue weighted by atomic mass is 9.88. The Morgan fingerprint density at radius 1 is 1.00 bits per heavy atom. The molecule has 0 saturated heterocycles. The molecule has 0 amide bonds. The number of hydrogen-bond donors (Lipinski definition) is 1. The highest BCUT2D eigenvalue weighted by atomic mass is 19.3. The summed E-state index contributed by atoms with van der Waals surface area (Å²) in [6, 6.07) is 15.5. The van der Waals surface area contributed by atoms with E-state index in [1.165, 1.54) is 11.1 Å². The van der Waals surface area contributed by atoms with Gasteiger partial charge in [-0.2, -0.15) is 8.78 Å². The molecule has 0 heterocycles. The van der Waals surface area contributed by atoms with Gasteiger partial charge in [-0.15, -0.1) is 0 Å². The van der Waals surface area contributed by atoms with Crippen molar-refractivity contribution in [1.82, 2.24) is 0 Å². The first-order valence-electron chi connectivity index (χ1n) is 7.09. The van der Waals surface area contributed by atoms with Gasteiger partial charge in [-0.3, -0.25) is 0 Å². The molecule has 0 spiro atoms. The lowest BCUT2D eigenvalue weighted by Gasteiger charge is -2.26. The topological polar surface area (TPSA) is 21.3 Å². The fourth-order valence-electron chi connectivity index (χ4n) is 2.79. The zero-order valence-electron chi connectivity index (χ0n) is 11.6. The van der Waals surface area contributed by atoms with Gasteiger partial charge in [0.05, 0.1) is 0 Å². The summed E-state index contributed by atoms with van der Waals surface area (Å²) in [4.78, 5) is 0. The van der Waals surface area contributed by atoms with Crippen LogP contribution in [0.3, 0.4) is 0 Å². The average Bonchev–Trinajstić information content (AvgIpc) is 2.49. The van der Waals surface area contributed by atoms with Crippen molar-refractivity contribution < 1.29 is 13.5 Å². The van der Waals surface area contributed by atoms with Crippen LogP contribution in [0.25, 0.3) is 0 Å². The van der Waals surface area contributed by atoms with E-state index in [0.29, 0.717) is 6.04 Å². The number of rotatable bonds is 4. The van der Waals surface area contributed by atoms with Crippen LogP contribution in [-0.2, 0) is 12.8 Å². The Morgan fingerprint density at radius 2 is 1.71 bits per heavy atom. The Labute approximate surface area is 122 Å². The molecule has 3 rings (SSSR count). The van der Waals surface area contributed by atoms with E-state index in [-0.39, 0.29) is 5.75 Å². The average molecular weight is 289 g/mol. The molecule has 1 atom stereocenters. The predicted octanol–water partition coefficient (Wildman–Crippen LogP) is 4.26. The highest BCUT2D eigenvalue weighted by Crippen LogP contribution is 2.24. The molecule has 2 nitrogen and oxygen atoms in total. The van der Waals surface area contributed by atoms with E-state index in [2.05, 4.69) is 34.3 Å². The molecule has 1 N–H and O–H groups in total. The third-order valence-electron chi connectivity index (χ3n) is 3.80. The zero-order valence-corrected chi connectivity index (χ0v) is 11.6. The number of benzene rings is 2. The van der Waals surface area contributed by atoms with Gasteiger partial charge in [-0.25, -0.2) is 0 Å². The molecule has 0 aromatic heterocycles. The van der Waals surface area contributed by atoms with E-state index in [1.54, 1.807) is 24.3 Å². The Bertz CT molecular complexity index is 598. The SMILES string of the molecule is FC(F)Oc1ccc(NC2CCc3ccccc3C2)cc1. The van der Waals surface area contributed by atoms with Gasteiger partial charge in [-0.05, 0) is 54.7 Å². The highest BCUT2D eigenvalue weighted by molar-refractivity contribution is 5.48. The minimum Gasteiger partial charge on any atom is -0.435 e. The molecule has 0 aliphatic heterocycles. The minimum absolute atomic E-state index is 0.185. The number of aryl methyl sites for hydroxylation is 1. The van der Waals surface area contributed by atoms with Crippen LogP contribution < -0.4 is 10.1 Å². The zero-order chi connectivity index (χ0) is 14.7. The fraction of sp³-hybridized carbons (Fsp3) is 0.294. The second kappa shape index (κ2) is 6.12. The monoisotopic (exact) mass is 289 g/mol. The van der Waals surface area contributed by atoms with Gasteiger partial charge in [0.15, 0.2) is 0 Å². The lowest BCUT2D eigenvalue weighted by Crippen LogP contribution is -2.27. The van der Waals surface area contributed by atoms with E-state index in [4.69, 9.17) is 0 Å². The molecule has 1 aliphatic carbocycles.